The minimum Gasteiger partial charge on any atom is -0.313 e. The van der Waals surface area contributed by atoms with Crippen LogP contribution in [0.3, 0.4) is 0 Å². The van der Waals surface area contributed by atoms with E-state index in [4.69, 9.17) is 4.99 Å². The Morgan fingerprint density at radius 3 is 2.48 bits per heavy atom. The summed E-state index contributed by atoms with van der Waals surface area (Å²) in [7, 11) is 0. The molecule has 0 aliphatic rings. The zero-order valence-electron chi connectivity index (χ0n) is 13.0. The number of rotatable bonds is 4. The molecule has 1 aromatic heterocycles. The number of hydrogen-bond donors (Lipinski definition) is 0. The van der Waals surface area contributed by atoms with E-state index in [-0.39, 0.29) is 17.0 Å². The second kappa shape index (κ2) is 8.09. The van der Waals surface area contributed by atoms with Crippen LogP contribution in [0, 0.1) is 6.92 Å². The summed E-state index contributed by atoms with van der Waals surface area (Å²) in [6.45, 7) is 6.71. The molecule has 0 radical (unpaired) electrons. The summed E-state index contributed by atoms with van der Waals surface area (Å²) in [5.41, 5.74) is 4.58. The smallest absolute Gasteiger partial charge is 0.190 e. The maximum absolute atomic E-state index is 4.84. The number of allylic oxidation sites excluding steroid dienone is 1. The van der Waals surface area contributed by atoms with Crippen molar-refractivity contribution < 1.29 is 0 Å². The van der Waals surface area contributed by atoms with Crippen LogP contribution in [0.1, 0.15) is 5.56 Å². The quantitative estimate of drug-likeness (QED) is 0.525. The SMILES string of the molecule is Br.C=CCn1c(-c2ccccc2)csc1=Nc1ccccc1C. The number of hydrogen-bond acceptors (Lipinski definition) is 2. The number of nitrogens with zero attached hydrogens (tertiary/aromatic N) is 2. The highest BCUT2D eigenvalue weighted by atomic mass is 79.9. The van der Waals surface area contributed by atoms with Crippen LogP contribution in [0.25, 0.3) is 11.3 Å². The Kier molecular flexibility index (Phi) is 6.13. The van der Waals surface area contributed by atoms with Gasteiger partial charge in [-0.15, -0.1) is 34.9 Å². The third-order valence-electron chi connectivity index (χ3n) is 3.51. The number of aromatic nitrogens is 1. The average Bonchev–Trinajstić information content (AvgIpc) is 2.94. The molecule has 3 rings (SSSR count). The molecule has 0 spiro atoms. The molecule has 23 heavy (non-hydrogen) atoms. The third kappa shape index (κ3) is 3.89. The van der Waals surface area contributed by atoms with Crippen molar-refractivity contribution in [1.82, 2.24) is 4.57 Å². The second-order valence-corrected chi connectivity index (χ2v) is 5.90. The number of para-hydroxylation sites is 1. The second-order valence-electron chi connectivity index (χ2n) is 5.07. The van der Waals surface area contributed by atoms with Crippen molar-refractivity contribution in [3.05, 3.63) is 83.0 Å². The van der Waals surface area contributed by atoms with Crippen LogP contribution in [0.5, 0.6) is 0 Å². The Morgan fingerprint density at radius 1 is 1.09 bits per heavy atom. The molecule has 2 nitrogen and oxygen atoms in total. The normalized spacial score (nSPS) is 11.1. The summed E-state index contributed by atoms with van der Waals surface area (Å²) < 4.78 is 2.21. The molecule has 0 saturated heterocycles. The molecule has 0 N–H and O–H groups in total. The maximum Gasteiger partial charge on any atom is 0.190 e. The van der Waals surface area contributed by atoms with Gasteiger partial charge in [0.2, 0.25) is 0 Å². The Balaban J connectivity index is 0.00000192. The molecule has 0 atom stereocenters. The minimum atomic E-state index is 0. The van der Waals surface area contributed by atoms with E-state index in [1.807, 2.05) is 24.3 Å². The molecule has 2 aromatic carbocycles. The van der Waals surface area contributed by atoms with E-state index >= 15 is 0 Å². The molecular weight excluding hydrogens is 368 g/mol. The van der Waals surface area contributed by atoms with E-state index in [9.17, 15) is 0 Å². The van der Waals surface area contributed by atoms with Crippen molar-refractivity contribution in [2.24, 2.45) is 4.99 Å². The van der Waals surface area contributed by atoms with Gasteiger partial charge in [-0.25, -0.2) is 4.99 Å². The number of benzene rings is 2. The van der Waals surface area contributed by atoms with Crippen LogP contribution in [0.2, 0.25) is 0 Å². The molecule has 0 aliphatic carbocycles. The molecular formula is C19H19BrN2S. The van der Waals surface area contributed by atoms with E-state index in [0.29, 0.717) is 0 Å². The van der Waals surface area contributed by atoms with Crippen molar-refractivity contribution in [3.63, 3.8) is 0 Å². The van der Waals surface area contributed by atoms with Crippen LogP contribution in [0.4, 0.5) is 5.69 Å². The molecule has 118 valence electrons. The molecule has 0 saturated carbocycles. The van der Waals surface area contributed by atoms with Gasteiger partial charge in [0, 0.05) is 11.9 Å². The summed E-state index contributed by atoms with van der Waals surface area (Å²) in [5, 5.41) is 2.16. The highest BCUT2D eigenvalue weighted by molar-refractivity contribution is 8.93. The molecule has 1 heterocycles. The summed E-state index contributed by atoms with van der Waals surface area (Å²) in [4.78, 5) is 5.83. The summed E-state index contributed by atoms with van der Waals surface area (Å²) in [6, 6.07) is 18.6. The fourth-order valence-corrected chi connectivity index (χ4v) is 3.29. The lowest BCUT2D eigenvalue weighted by Crippen LogP contribution is -2.14. The highest BCUT2D eigenvalue weighted by Crippen LogP contribution is 2.21. The van der Waals surface area contributed by atoms with Crippen molar-refractivity contribution in [3.8, 4) is 11.3 Å². The van der Waals surface area contributed by atoms with Gasteiger partial charge in [-0.05, 0) is 24.1 Å². The maximum atomic E-state index is 4.84. The van der Waals surface area contributed by atoms with Gasteiger partial charge in [-0.2, -0.15) is 0 Å². The number of halogens is 1. The molecule has 0 bridgehead atoms. The van der Waals surface area contributed by atoms with E-state index in [2.05, 4.69) is 59.8 Å². The van der Waals surface area contributed by atoms with Crippen LogP contribution in [-0.2, 0) is 6.54 Å². The Labute approximate surface area is 151 Å². The highest BCUT2D eigenvalue weighted by Gasteiger charge is 2.07. The van der Waals surface area contributed by atoms with Crippen molar-refractivity contribution in [2.45, 2.75) is 13.5 Å². The fourth-order valence-electron chi connectivity index (χ4n) is 2.36. The zero-order chi connectivity index (χ0) is 15.4. The Bertz CT molecular complexity index is 847. The summed E-state index contributed by atoms with van der Waals surface area (Å²) in [6.07, 6.45) is 1.91. The Hall–Kier alpha value is -1.91. The molecule has 0 aliphatic heterocycles. The third-order valence-corrected chi connectivity index (χ3v) is 4.37. The first-order valence-electron chi connectivity index (χ1n) is 7.24. The molecule has 0 amide bonds. The lowest BCUT2D eigenvalue weighted by atomic mass is 10.2. The zero-order valence-corrected chi connectivity index (χ0v) is 15.5. The van der Waals surface area contributed by atoms with E-state index in [1.165, 1.54) is 16.8 Å². The van der Waals surface area contributed by atoms with E-state index < -0.39 is 0 Å². The number of aryl methyl sites for hydroxylation is 1. The van der Waals surface area contributed by atoms with Crippen LogP contribution in [0.15, 0.2) is 77.6 Å². The molecule has 4 heteroatoms. The first-order valence-corrected chi connectivity index (χ1v) is 8.12. The Morgan fingerprint density at radius 2 is 1.78 bits per heavy atom. The van der Waals surface area contributed by atoms with Crippen molar-refractivity contribution in [2.75, 3.05) is 0 Å². The lowest BCUT2D eigenvalue weighted by molar-refractivity contribution is 0.800. The van der Waals surface area contributed by atoms with Gasteiger partial charge in [0.05, 0.1) is 11.4 Å². The average molecular weight is 387 g/mol. The van der Waals surface area contributed by atoms with Gasteiger partial charge in [-0.3, -0.25) is 0 Å². The van der Waals surface area contributed by atoms with Gasteiger partial charge in [0.15, 0.2) is 4.80 Å². The van der Waals surface area contributed by atoms with Gasteiger partial charge < -0.3 is 4.57 Å². The molecule has 3 aromatic rings. The predicted octanol–water partition coefficient (Wildman–Crippen LogP) is 5.52. The van der Waals surface area contributed by atoms with Gasteiger partial charge in [0.25, 0.3) is 0 Å². The first-order chi connectivity index (χ1) is 10.8. The van der Waals surface area contributed by atoms with Crippen LogP contribution < -0.4 is 4.80 Å². The number of thiazole rings is 1. The van der Waals surface area contributed by atoms with E-state index in [1.54, 1.807) is 11.3 Å². The minimum absolute atomic E-state index is 0. The topological polar surface area (TPSA) is 17.3 Å². The summed E-state index contributed by atoms with van der Waals surface area (Å²) >= 11 is 1.66. The van der Waals surface area contributed by atoms with Gasteiger partial charge in [-0.1, -0.05) is 54.6 Å². The monoisotopic (exact) mass is 386 g/mol. The van der Waals surface area contributed by atoms with Gasteiger partial charge >= 0.3 is 0 Å². The van der Waals surface area contributed by atoms with Crippen molar-refractivity contribution >= 4 is 34.0 Å². The fraction of sp³-hybridized carbons (Fsp3) is 0.105. The van der Waals surface area contributed by atoms with E-state index in [0.717, 1.165) is 17.0 Å². The van der Waals surface area contributed by atoms with Gasteiger partial charge in [0.1, 0.15) is 0 Å². The first kappa shape index (κ1) is 17.4. The largest absolute Gasteiger partial charge is 0.313 e. The van der Waals surface area contributed by atoms with Crippen LogP contribution >= 0.6 is 28.3 Å². The predicted molar refractivity (Wildman–Crippen MR) is 105 cm³/mol. The lowest BCUT2D eigenvalue weighted by Gasteiger charge is -2.06. The van der Waals surface area contributed by atoms with Crippen LogP contribution in [-0.4, -0.2) is 4.57 Å². The van der Waals surface area contributed by atoms with Crippen molar-refractivity contribution in [1.29, 1.82) is 0 Å². The molecule has 0 unspecified atom stereocenters. The summed E-state index contributed by atoms with van der Waals surface area (Å²) in [5.74, 6) is 0. The standard InChI is InChI=1S/C19H18N2S.BrH/c1-3-13-21-18(16-10-5-4-6-11-16)14-22-19(21)20-17-12-8-7-9-15(17)2;/h3-12,14H,1,13H2,2H3;1H. The molecule has 0 fully saturated rings.